The maximum absolute atomic E-state index is 15.9. The van der Waals surface area contributed by atoms with Crippen molar-refractivity contribution in [3.05, 3.63) is 113 Å². The number of aromatic nitrogens is 1. The number of aliphatic carboxylic acids is 5. The van der Waals surface area contributed by atoms with Crippen molar-refractivity contribution >= 4 is 119 Å². The summed E-state index contributed by atoms with van der Waals surface area (Å²) in [7, 11) is 0. The monoisotopic (exact) mass is 1410 g/mol. The third-order valence-electron chi connectivity index (χ3n) is 16.9. The van der Waals surface area contributed by atoms with Crippen LogP contribution in [-0.2, 0) is 80.0 Å². The lowest BCUT2D eigenvalue weighted by atomic mass is 9.89. The molecule has 30 nitrogen and oxygen atoms in total. The van der Waals surface area contributed by atoms with Crippen molar-refractivity contribution in [3.63, 3.8) is 0 Å². The number of carboxylic acids is 5. The molecule has 8 amide bonds. The average molecular weight is 1420 g/mol. The van der Waals surface area contributed by atoms with Gasteiger partial charge in [-0.15, -0.1) is 11.8 Å². The number of unbranched alkanes of at least 4 members (excludes halogenated alkanes) is 1. The third kappa shape index (κ3) is 23.2. The van der Waals surface area contributed by atoms with Gasteiger partial charge in [-0.05, 0) is 80.8 Å². The molecule has 13 N–H and O–H groups in total. The first-order valence-electron chi connectivity index (χ1n) is 32.3. The fraction of sp³-hybridized carbons (Fsp3) is 0.455. The number of allylic oxidation sites excluding steroid dienone is 2. The molecule has 4 heterocycles. The second-order valence-electron chi connectivity index (χ2n) is 24.5. The molecule has 3 aliphatic rings. The van der Waals surface area contributed by atoms with Gasteiger partial charge in [-0.1, -0.05) is 60.7 Å². The van der Waals surface area contributed by atoms with Crippen molar-refractivity contribution < 1.29 is 111 Å². The first-order valence-corrected chi connectivity index (χ1v) is 33.3. The van der Waals surface area contributed by atoms with E-state index in [4.69, 9.17) is 10.8 Å². The van der Waals surface area contributed by atoms with Gasteiger partial charge in [-0.3, -0.25) is 62.4 Å². The van der Waals surface area contributed by atoms with Gasteiger partial charge in [-0.25, -0.2) is 14.4 Å². The number of fused-ring (bicyclic) bond motifs is 2. The Bertz CT molecular complexity index is 3720. The van der Waals surface area contributed by atoms with E-state index in [-0.39, 0.29) is 89.4 Å². The van der Waals surface area contributed by atoms with Crippen molar-refractivity contribution in [2.45, 2.75) is 152 Å². The quantitative estimate of drug-likeness (QED) is 0.0219. The van der Waals surface area contributed by atoms with Crippen LogP contribution in [0.2, 0.25) is 0 Å². The van der Waals surface area contributed by atoms with Crippen molar-refractivity contribution in [1.82, 2.24) is 41.3 Å². The average Bonchev–Trinajstić information content (AvgIpc) is 1.56. The minimum absolute atomic E-state index is 0.00941. The highest BCUT2D eigenvalue weighted by atomic mass is 32.2. The topological polar surface area (TPSA) is 467 Å². The molecule has 1 fully saturated rings. The molecule has 0 radical (unpaired) electrons. The summed E-state index contributed by atoms with van der Waals surface area (Å²) in [5.74, 6) is -17.0. The van der Waals surface area contributed by atoms with Gasteiger partial charge in [0.1, 0.15) is 29.6 Å². The van der Waals surface area contributed by atoms with Gasteiger partial charge in [0.25, 0.3) is 0 Å². The molecular weight excluding hydrogens is 1330 g/mol. The number of rotatable bonds is 43. The Morgan fingerprint density at radius 3 is 1.86 bits per heavy atom. The minimum atomic E-state index is -4.25. The Balaban J connectivity index is 0.974. The number of hydrogen-bond acceptors (Lipinski definition) is 17. The number of hydrogen-bond donors (Lipinski definition) is 12. The van der Waals surface area contributed by atoms with Gasteiger partial charge in [0.2, 0.25) is 35.4 Å². The van der Waals surface area contributed by atoms with Crippen LogP contribution in [0.25, 0.3) is 6.08 Å². The number of urea groups is 1. The van der Waals surface area contributed by atoms with E-state index >= 15 is 8.63 Å². The van der Waals surface area contributed by atoms with E-state index in [0.29, 0.717) is 33.8 Å². The van der Waals surface area contributed by atoms with Crippen molar-refractivity contribution in [2.75, 3.05) is 25.4 Å². The summed E-state index contributed by atoms with van der Waals surface area (Å²) in [6.45, 7) is -1.98. The summed E-state index contributed by atoms with van der Waals surface area (Å²) in [6, 6.07) is 9.64. The van der Waals surface area contributed by atoms with Crippen LogP contribution >= 0.6 is 11.8 Å². The SMILES string of the molecule is Cc1cc(C)n2c1C=C1C=CC(CCC(=O)NCCN3C(=O)CC(SC[C@H](CC(=O)[C@H](CC(=O)O)NC(=O)[C@@H](N)CNC(=O)[C@@H](CC(=O)[C@H](Cc4ccccc4)NC(=O)CCCCC(=O)CC[C@H](NC(=O)N[C@@H](CCC(=O)O)C(=O)O)C(=O)O)Cc4ccccc4)C(=O)O)C3=O)=[N+]1[B-]2(F)F. The van der Waals surface area contributed by atoms with E-state index in [0.717, 1.165) is 25.6 Å². The molecular formula is C66H81BF2N10O20S. The number of carbonyl (C=O) groups is 15. The molecule has 1 saturated heterocycles. The lowest BCUT2D eigenvalue weighted by Crippen LogP contribution is -2.53. The van der Waals surface area contributed by atoms with Gasteiger partial charge in [0.15, 0.2) is 17.3 Å². The van der Waals surface area contributed by atoms with E-state index < -0.39 is 187 Å². The molecule has 3 aliphatic heterocycles. The Morgan fingerprint density at radius 2 is 1.25 bits per heavy atom. The number of benzene rings is 2. The van der Waals surface area contributed by atoms with Crippen LogP contribution in [-0.4, -0.2) is 202 Å². The summed E-state index contributed by atoms with van der Waals surface area (Å²) in [4.78, 5) is 193. The molecule has 0 spiro atoms. The number of likely N-dealkylation sites (tertiary alicyclic amines) is 1. The molecule has 2 aromatic carbocycles. The number of amides is 8. The lowest BCUT2D eigenvalue weighted by molar-refractivity contribution is -0.362. The number of nitrogens with two attached hydrogens (primary N) is 1. The number of nitrogens with zero attached hydrogens (tertiary/aromatic N) is 3. The number of carboxylic acid groups (broad SMARTS) is 5. The maximum atomic E-state index is 15.9. The maximum Gasteiger partial charge on any atom is 0.737 e. The van der Waals surface area contributed by atoms with Crippen LogP contribution in [0.1, 0.15) is 118 Å². The normalized spacial score (nSPS) is 16.4. The van der Waals surface area contributed by atoms with Crippen molar-refractivity contribution in [3.8, 4) is 0 Å². The molecule has 34 heteroatoms. The van der Waals surface area contributed by atoms with E-state index in [9.17, 15) is 92.3 Å². The van der Waals surface area contributed by atoms with E-state index in [1.165, 1.54) is 6.08 Å². The molecule has 0 aliphatic carbocycles. The van der Waals surface area contributed by atoms with Crippen LogP contribution in [0.15, 0.2) is 84.6 Å². The number of thioether (sulfide) groups is 1. The fourth-order valence-corrected chi connectivity index (χ4v) is 12.9. The zero-order valence-electron chi connectivity index (χ0n) is 54.9. The van der Waals surface area contributed by atoms with Gasteiger partial charge >= 0.3 is 42.8 Å². The van der Waals surface area contributed by atoms with Crippen LogP contribution < -0.4 is 37.6 Å². The molecule has 1 unspecified atom stereocenters. The Morgan fingerprint density at radius 1 is 0.650 bits per heavy atom. The standard InChI is InChI=1S/C66H81BF2N10O20S/c1-37-27-38(2)78-51(37)32-44-18-17-43(79(44)67(78,68)69)19-23-55(83)71-25-26-77-57(85)34-54(62(77)92)100-36-42(63(93)94)31-53(82)50(33-59(88)89)74-61(91)46(70)35-72-60(90)41(28-39-11-5-3-6-12-39)30-52(81)49(29-40-13-7-4-8-14-40)73-56(84)16-10-9-15-45(80)20-21-47(64(95)96)75-66(99)76-48(65(97)98)22-24-58(86)87/h3-8,11-14,17-18,27,32,41-42,46-50,54H,9-10,15-16,19-26,28-31,33-36,70H2,1-2H3,(H,71,83)(H,72,90)(H,73,84)(H,74,91)(H,86,87)(H,88,89)(H,93,94)(H,95,96)(H,97,98)(H2,75,76,99)/t41-,42+,46+,47+,48+,49+,50+,54?/m1/s1. The van der Waals surface area contributed by atoms with Gasteiger partial charge in [-0.2, -0.15) is 0 Å². The molecule has 6 rings (SSSR count). The summed E-state index contributed by atoms with van der Waals surface area (Å²) < 4.78 is 33.6. The number of imide groups is 1. The summed E-state index contributed by atoms with van der Waals surface area (Å²) in [6.07, 6.45) is 0.0121. The van der Waals surface area contributed by atoms with Crippen LogP contribution in [0, 0.1) is 25.7 Å². The predicted molar refractivity (Wildman–Crippen MR) is 355 cm³/mol. The highest BCUT2D eigenvalue weighted by molar-refractivity contribution is 8.00. The summed E-state index contributed by atoms with van der Waals surface area (Å²) >= 11 is 0.757. The van der Waals surface area contributed by atoms with E-state index in [1.54, 1.807) is 92.7 Å². The molecule has 8 atom stereocenters. The molecule has 0 bridgehead atoms. The summed E-state index contributed by atoms with van der Waals surface area (Å²) in [5.41, 5.74) is 9.45. The van der Waals surface area contributed by atoms with Crippen LogP contribution in [0.4, 0.5) is 13.4 Å². The molecule has 0 saturated carbocycles. The van der Waals surface area contributed by atoms with Gasteiger partial charge in [0.05, 0.1) is 29.7 Å². The van der Waals surface area contributed by atoms with Gasteiger partial charge < -0.3 is 80.8 Å². The number of Topliss-reactive ketones (excluding diaryl/α,β-unsaturated/α-hetero) is 3. The predicted octanol–water partition coefficient (Wildman–Crippen LogP) is 2.05. The van der Waals surface area contributed by atoms with Crippen LogP contribution in [0.3, 0.4) is 0 Å². The summed E-state index contributed by atoms with van der Waals surface area (Å²) in [5, 5.41) is 60.7. The Labute approximate surface area is 576 Å². The Hall–Kier alpha value is -10.2. The highest BCUT2D eigenvalue weighted by Gasteiger charge is 2.52. The molecule has 538 valence electrons. The number of nitrogens with one attached hydrogen (secondary N) is 6. The second-order valence-corrected chi connectivity index (χ2v) is 25.8. The number of carbonyl (C=O) groups excluding carboxylic acids is 10. The second kappa shape index (κ2) is 37.1. The molecule has 100 heavy (non-hydrogen) atoms. The fourth-order valence-electron chi connectivity index (χ4n) is 11.6. The van der Waals surface area contributed by atoms with Crippen molar-refractivity contribution in [2.24, 2.45) is 17.6 Å². The number of ketones is 3. The molecule has 3 aromatic rings. The zero-order chi connectivity index (χ0) is 73.5. The first-order chi connectivity index (χ1) is 47.3. The first kappa shape index (κ1) is 78.7. The number of halogens is 2. The van der Waals surface area contributed by atoms with Crippen LogP contribution in [0.5, 0.6) is 0 Å². The third-order valence-corrected chi connectivity index (χ3v) is 18.3. The molecule has 1 aromatic heterocycles. The van der Waals surface area contributed by atoms with Gasteiger partial charge in [0, 0.05) is 113 Å². The van der Waals surface area contributed by atoms with Crippen molar-refractivity contribution in [1.29, 1.82) is 0 Å². The lowest BCUT2D eigenvalue weighted by Gasteiger charge is -2.30. The largest absolute Gasteiger partial charge is 0.737 e. The van der Waals surface area contributed by atoms with E-state index in [2.05, 4.69) is 26.6 Å². The highest BCUT2D eigenvalue weighted by Crippen LogP contribution is 2.35. The Kier molecular flexibility index (Phi) is 29.2. The van der Waals surface area contributed by atoms with E-state index in [1.807, 2.05) is 5.32 Å². The zero-order valence-corrected chi connectivity index (χ0v) is 55.7. The minimum Gasteiger partial charge on any atom is -0.481 e. The smallest absolute Gasteiger partial charge is 0.481 e. The number of aryl methyl sites for hydroxylation is 2.